The SMILES string of the molecule is CC.FC1(F)CNCC2CNCC21. The van der Waals surface area contributed by atoms with Crippen molar-refractivity contribution in [1.82, 2.24) is 10.6 Å². The van der Waals surface area contributed by atoms with Crippen LogP contribution in [0.3, 0.4) is 0 Å². The van der Waals surface area contributed by atoms with Crippen LogP contribution >= 0.6 is 0 Å². The van der Waals surface area contributed by atoms with Crippen LogP contribution in [0.1, 0.15) is 13.8 Å². The standard InChI is InChI=1S/C7H12F2N2.C2H6/c8-7(9)4-11-2-5-1-10-3-6(5)7;1-2/h5-6,10-11H,1-4H2;1-2H3. The van der Waals surface area contributed by atoms with Crippen molar-refractivity contribution in [3.05, 3.63) is 0 Å². The van der Waals surface area contributed by atoms with E-state index in [-0.39, 0.29) is 12.5 Å². The summed E-state index contributed by atoms with van der Waals surface area (Å²) in [5, 5.41) is 5.76. The molecule has 2 rings (SSSR count). The number of rotatable bonds is 0. The molecule has 0 aromatic carbocycles. The van der Waals surface area contributed by atoms with Gasteiger partial charge in [0.05, 0.1) is 6.54 Å². The Kier molecular flexibility index (Phi) is 3.62. The van der Waals surface area contributed by atoms with E-state index in [0.29, 0.717) is 6.54 Å². The zero-order chi connectivity index (χ0) is 9.90. The van der Waals surface area contributed by atoms with Crippen molar-refractivity contribution in [2.24, 2.45) is 11.8 Å². The fourth-order valence-electron chi connectivity index (χ4n) is 2.00. The van der Waals surface area contributed by atoms with Gasteiger partial charge in [0.2, 0.25) is 0 Å². The summed E-state index contributed by atoms with van der Waals surface area (Å²) in [5.41, 5.74) is 0. The lowest BCUT2D eigenvalue weighted by molar-refractivity contribution is -0.0805. The van der Waals surface area contributed by atoms with Crippen molar-refractivity contribution in [2.75, 3.05) is 26.2 Å². The van der Waals surface area contributed by atoms with Gasteiger partial charge in [-0.15, -0.1) is 0 Å². The van der Waals surface area contributed by atoms with Crippen LogP contribution in [0.2, 0.25) is 0 Å². The van der Waals surface area contributed by atoms with Crippen LogP contribution in [0, 0.1) is 11.8 Å². The van der Waals surface area contributed by atoms with Gasteiger partial charge >= 0.3 is 0 Å². The normalized spacial score (nSPS) is 36.0. The van der Waals surface area contributed by atoms with Crippen molar-refractivity contribution in [1.29, 1.82) is 0 Å². The van der Waals surface area contributed by atoms with Crippen LogP contribution in [0.5, 0.6) is 0 Å². The van der Waals surface area contributed by atoms with Gasteiger partial charge < -0.3 is 10.6 Å². The molecule has 4 heteroatoms. The van der Waals surface area contributed by atoms with Gasteiger partial charge in [0.15, 0.2) is 0 Å². The van der Waals surface area contributed by atoms with Gasteiger partial charge in [-0.05, 0) is 19.0 Å². The van der Waals surface area contributed by atoms with Crippen LogP contribution in [0.15, 0.2) is 0 Å². The lowest BCUT2D eigenvalue weighted by Crippen LogP contribution is -2.50. The van der Waals surface area contributed by atoms with Gasteiger partial charge in [-0.25, -0.2) is 8.78 Å². The second kappa shape index (κ2) is 4.33. The first-order valence-electron chi connectivity index (χ1n) is 4.99. The van der Waals surface area contributed by atoms with Gasteiger partial charge in [-0.2, -0.15) is 0 Å². The largest absolute Gasteiger partial charge is 0.316 e. The monoisotopic (exact) mass is 192 g/mol. The van der Waals surface area contributed by atoms with E-state index in [9.17, 15) is 8.78 Å². The van der Waals surface area contributed by atoms with Gasteiger partial charge in [-0.1, -0.05) is 13.8 Å². The Hall–Kier alpha value is -0.220. The molecule has 2 heterocycles. The van der Waals surface area contributed by atoms with Crippen LogP contribution < -0.4 is 10.6 Å². The lowest BCUT2D eigenvalue weighted by atomic mass is 9.87. The third-order valence-electron chi connectivity index (χ3n) is 2.65. The number of hydrogen-bond donors (Lipinski definition) is 2. The van der Waals surface area contributed by atoms with Gasteiger partial charge in [-0.3, -0.25) is 0 Å². The zero-order valence-electron chi connectivity index (χ0n) is 8.24. The number of fused-ring (bicyclic) bond motifs is 1. The Balaban J connectivity index is 0.000000396. The molecule has 2 unspecified atom stereocenters. The first kappa shape index (κ1) is 10.9. The van der Waals surface area contributed by atoms with E-state index in [1.54, 1.807) is 0 Å². The highest BCUT2D eigenvalue weighted by Crippen LogP contribution is 2.34. The Bertz CT molecular complexity index is 162. The third kappa shape index (κ3) is 2.17. The van der Waals surface area contributed by atoms with E-state index >= 15 is 0 Å². The predicted octanol–water partition coefficient (Wildman–Crippen LogP) is 1.09. The topological polar surface area (TPSA) is 24.1 Å². The number of alkyl halides is 2. The average Bonchev–Trinajstić information content (AvgIpc) is 2.56. The van der Waals surface area contributed by atoms with Crippen LogP contribution in [0.25, 0.3) is 0 Å². The molecule has 0 aliphatic carbocycles. The van der Waals surface area contributed by atoms with Crippen molar-refractivity contribution in [2.45, 2.75) is 19.8 Å². The minimum atomic E-state index is -2.49. The quantitative estimate of drug-likeness (QED) is 0.600. The summed E-state index contributed by atoms with van der Waals surface area (Å²) in [5.74, 6) is -2.78. The maximum absolute atomic E-state index is 13.1. The molecule has 0 spiro atoms. The maximum atomic E-state index is 13.1. The average molecular weight is 192 g/mol. The smallest absolute Gasteiger partial charge is 0.264 e. The summed E-state index contributed by atoms with van der Waals surface area (Å²) in [6.45, 7) is 5.83. The van der Waals surface area contributed by atoms with E-state index in [4.69, 9.17) is 0 Å². The van der Waals surface area contributed by atoms with Crippen LogP contribution in [0.4, 0.5) is 8.78 Å². The van der Waals surface area contributed by atoms with E-state index in [2.05, 4.69) is 10.6 Å². The fraction of sp³-hybridized carbons (Fsp3) is 1.00. The van der Waals surface area contributed by atoms with E-state index in [1.807, 2.05) is 13.8 Å². The molecule has 2 aliphatic rings. The second-order valence-electron chi connectivity index (χ2n) is 3.42. The molecule has 2 aliphatic heterocycles. The van der Waals surface area contributed by atoms with Gasteiger partial charge in [0.25, 0.3) is 5.92 Å². The summed E-state index contributed by atoms with van der Waals surface area (Å²) in [4.78, 5) is 0. The molecule has 2 saturated heterocycles. The summed E-state index contributed by atoms with van der Waals surface area (Å²) >= 11 is 0. The first-order chi connectivity index (χ1) is 6.20. The minimum absolute atomic E-state index is 0.138. The van der Waals surface area contributed by atoms with Gasteiger partial charge in [0, 0.05) is 12.5 Å². The fourth-order valence-corrected chi connectivity index (χ4v) is 2.00. The molecule has 0 radical (unpaired) electrons. The molecular formula is C9H18F2N2. The number of nitrogens with one attached hydrogen (secondary N) is 2. The summed E-state index contributed by atoms with van der Waals surface area (Å²) in [6.07, 6.45) is 0. The minimum Gasteiger partial charge on any atom is -0.316 e. The molecule has 13 heavy (non-hydrogen) atoms. The Morgan fingerprint density at radius 3 is 2.31 bits per heavy atom. The van der Waals surface area contributed by atoms with Crippen LogP contribution in [-0.4, -0.2) is 32.1 Å². The summed E-state index contributed by atoms with van der Waals surface area (Å²) < 4.78 is 26.1. The summed E-state index contributed by atoms with van der Waals surface area (Å²) in [6, 6.07) is 0. The third-order valence-corrected chi connectivity index (χ3v) is 2.65. The highest BCUT2D eigenvalue weighted by molar-refractivity contribution is 4.96. The number of halogens is 2. The molecule has 0 amide bonds. The highest BCUT2D eigenvalue weighted by Gasteiger charge is 2.48. The lowest BCUT2D eigenvalue weighted by Gasteiger charge is -2.33. The summed E-state index contributed by atoms with van der Waals surface area (Å²) in [7, 11) is 0. The highest BCUT2D eigenvalue weighted by atomic mass is 19.3. The first-order valence-corrected chi connectivity index (χ1v) is 4.99. The Morgan fingerprint density at radius 1 is 1.08 bits per heavy atom. The second-order valence-corrected chi connectivity index (χ2v) is 3.42. The molecule has 78 valence electrons. The number of hydrogen-bond acceptors (Lipinski definition) is 2. The molecule has 0 aromatic heterocycles. The molecule has 2 N–H and O–H groups in total. The Labute approximate surface area is 78.1 Å². The van der Waals surface area contributed by atoms with Crippen molar-refractivity contribution in [3.8, 4) is 0 Å². The number of piperidine rings is 1. The van der Waals surface area contributed by atoms with Crippen molar-refractivity contribution < 1.29 is 8.78 Å². The van der Waals surface area contributed by atoms with Gasteiger partial charge in [0.1, 0.15) is 0 Å². The van der Waals surface area contributed by atoms with Crippen molar-refractivity contribution >= 4 is 0 Å². The van der Waals surface area contributed by atoms with E-state index in [0.717, 1.165) is 13.1 Å². The van der Waals surface area contributed by atoms with E-state index in [1.165, 1.54) is 0 Å². The zero-order valence-corrected chi connectivity index (χ0v) is 8.24. The predicted molar refractivity (Wildman–Crippen MR) is 49.0 cm³/mol. The maximum Gasteiger partial charge on any atom is 0.264 e. The Morgan fingerprint density at radius 2 is 1.69 bits per heavy atom. The molecule has 0 saturated carbocycles. The molecule has 2 atom stereocenters. The van der Waals surface area contributed by atoms with E-state index < -0.39 is 11.8 Å². The molecule has 0 bridgehead atoms. The molecule has 2 fully saturated rings. The van der Waals surface area contributed by atoms with Crippen LogP contribution in [-0.2, 0) is 0 Å². The molecule has 0 aromatic rings. The molecular weight excluding hydrogens is 174 g/mol. The molecule has 2 nitrogen and oxygen atoms in total. The van der Waals surface area contributed by atoms with Crippen molar-refractivity contribution in [3.63, 3.8) is 0 Å².